The number of fused-ring (bicyclic) bond motifs is 1. The molecular weight excluding hydrogens is 320 g/mol. The number of carbonyl (C=O) groups excluding carboxylic acids is 3. The fourth-order valence-electron chi connectivity index (χ4n) is 4.17. The lowest BCUT2D eigenvalue weighted by atomic mass is 9.93. The molecule has 0 bridgehead atoms. The highest BCUT2D eigenvalue weighted by Gasteiger charge is 2.78. The summed E-state index contributed by atoms with van der Waals surface area (Å²) in [6.45, 7) is 3.58. The van der Waals surface area contributed by atoms with E-state index in [-0.39, 0.29) is 36.9 Å². The van der Waals surface area contributed by atoms with Gasteiger partial charge in [0.15, 0.2) is 0 Å². The van der Waals surface area contributed by atoms with Crippen LogP contribution in [0.25, 0.3) is 0 Å². The number of methoxy groups -OCH3 is 2. The van der Waals surface area contributed by atoms with Gasteiger partial charge in [-0.1, -0.05) is 0 Å². The summed E-state index contributed by atoms with van der Waals surface area (Å²) in [5.41, 5.74) is 0. The normalized spacial score (nSPS) is 32.4. The molecule has 2 aliphatic carbocycles. The third-order valence-electron chi connectivity index (χ3n) is 5.02. The predicted molar refractivity (Wildman–Crippen MR) is 78.4 cm³/mol. The number of carbonyl (C=O) groups is 3. The molecule has 2 saturated carbocycles. The lowest BCUT2D eigenvalue weighted by Crippen LogP contribution is -2.72. The average molecular weight is 342 g/mol. The minimum absolute atomic E-state index is 0.0176. The summed E-state index contributed by atoms with van der Waals surface area (Å²) in [6.07, 6.45) is -1.17. The predicted octanol–water partition coefficient (Wildman–Crippen LogP) is 0.982. The first-order valence-electron chi connectivity index (χ1n) is 8.04. The molecule has 3 aliphatic rings. The second kappa shape index (κ2) is 5.89. The van der Waals surface area contributed by atoms with Gasteiger partial charge in [-0.15, -0.1) is 0 Å². The van der Waals surface area contributed by atoms with Crippen molar-refractivity contribution in [3.8, 4) is 0 Å². The lowest BCUT2D eigenvalue weighted by molar-refractivity contribution is -0.359. The monoisotopic (exact) mass is 342 g/mol. The van der Waals surface area contributed by atoms with E-state index in [0.29, 0.717) is 6.42 Å². The van der Waals surface area contributed by atoms with Gasteiger partial charge in [0.05, 0.1) is 25.2 Å². The molecule has 9 heteroatoms. The molecular formula is C15H22N2O7. The maximum Gasteiger partial charge on any atom is 0.433 e. The van der Waals surface area contributed by atoms with Crippen LogP contribution in [0.15, 0.2) is 0 Å². The highest BCUT2D eigenvalue weighted by atomic mass is 16.7. The zero-order chi connectivity index (χ0) is 17.6. The number of rotatable bonds is 4. The SMILES string of the molecule is CCOC(=O)N1[C@@H]2[C@@H]3CC(=O)[C@@H]([C@@H]32)C(OC)(OC)N1C(=O)OCC. The fraction of sp³-hybridized carbons (Fsp3) is 0.800. The Morgan fingerprint density at radius 1 is 1.12 bits per heavy atom. The molecule has 0 aromatic carbocycles. The number of hydrogen-bond acceptors (Lipinski definition) is 7. The van der Waals surface area contributed by atoms with Gasteiger partial charge < -0.3 is 18.9 Å². The van der Waals surface area contributed by atoms with Crippen molar-refractivity contribution in [2.24, 2.45) is 17.8 Å². The Hall–Kier alpha value is -1.87. The number of hydrogen-bond donors (Lipinski definition) is 0. The number of hydrazine groups is 1. The van der Waals surface area contributed by atoms with Crippen LogP contribution in [0.3, 0.4) is 0 Å². The van der Waals surface area contributed by atoms with Gasteiger partial charge in [0.25, 0.3) is 5.91 Å². The largest absolute Gasteiger partial charge is 0.448 e. The quantitative estimate of drug-likeness (QED) is 0.703. The van der Waals surface area contributed by atoms with Gasteiger partial charge in [-0.3, -0.25) is 4.79 Å². The number of nitrogens with zero attached hydrogens (tertiary/aromatic N) is 2. The summed E-state index contributed by atoms with van der Waals surface area (Å²) in [6, 6.07) is -0.283. The first kappa shape index (κ1) is 17.0. The van der Waals surface area contributed by atoms with Gasteiger partial charge in [0.1, 0.15) is 5.78 Å². The molecule has 2 amide bonds. The second-order valence-electron chi connectivity index (χ2n) is 5.97. The Kier molecular flexibility index (Phi) is 4.16. The zero-order valence-corrected chi connectivity index (χ0v) is 14.2. The van der Waals surface area contributed by atoms with Crippen molar-refractivity contribution in [3.05, 3.63) is 0 Å². The maximum absolute atomic E-state index is 12.6. The van der Waals surface area contributed by atoms with Crippen LogP contribution in [0.1, 0.15) is 20.3 Å². The van der Waals surface area contributed by atoms with Crippen LogP contribution in [-0.4, -0.2) is 67.4 Å². The highest BCUT2D eigenvalue weighted by molar-refractivity contribution is 5.89. The van der Waals surface area contributed by atoms with Gasteiger partial charge >= 0.3 is 12.2 Å². The molecule has 3 rings (SSSR count). The van der Waals surface area contributed by atoms with Crippen molar-refractivity contribution in [1.82, 2.24) is 10.0 Å². The Morgan fingerprint density at radius 2 is 1.71 bits per heavy atom. The van der Waals surface area contributed by atoms with Crippen molar-refractivity contribution < 1.29 is 33.3 Å². The van der Waals surface area contributed by atoms with Crippen LogP contribution in [0, 0.1) is 17.8 Å². The number of ether oxygens (including phenoxy) is 4. The summed E-state index contributed by atoms with van der Waals surface area (Å²) in [7, 11) is 2.67. The van der Waals surface area contributed by atoms with Crippen LogP contribution >= 0.6 is 0 Å². The molecule has 1 heterocycles. The van der Waals surface area contributed by atoms with Gasteiger partial charge in [0.2, 0.25) is 0 Å². The van der Waals surface area contributed by atoms with Crippen LogP contribution in [0.2, 0.25) is 0 Å². The van der Waals surface area contributed by atoms with Gasteiger partial charge in [-0.05, 0) is 19.8 Å². The van der Waals surface area contributed by atoms with Crippen molar-refractivity contribution in [2.75, 3.05) is 27.4 Å². The van der Waals surface area contributed by atoms with Crippen LogP contribution in [0.4, 0.5) is 9.59 Å². The summed E-state index contributed by atoms with van der Waals surface area (Å²) >= 11 is 0. The molecule has 0 unspecified atom stereocenters. The molecule has 3 fully saturated rings. The summed E-state index contributed by atoms with van der Waals surface area (Å²) in [5, 5.41) is 2.17. The zero-order valence-electron chi connectivity index (χ0n) is 14.2. The molecule has 0 spiro atoms. The van der Waals surface area contributed by atoms with E-state index >= 15 is 0 Å². The Bertz CT molecular complexity index is 562. The van der Waals surface area contributed by atoms with E-state index in [1.54, 1.807) is 13.8 Å². The van der Waals surface area contributed by atoms with Crippen LogP contribution in [0.5, 0.6) is 0 Å². The average Bonchev–Trinajstić information content (AvgIpc) is 3.12. The topological polar surface area (TPSA) is 94.6 Å². The summed E-state index contributed by atoms with van der Waals surface area (Å²) in [4.78, 5) is 37.5. The second-order valence-corrected chi connectivity index (χ2v) is 5.97. The van der Waals surface area contributed by atoms with E-state index in [0.717, 1.165) is 5.01 Å². The van der Waals surface area contributed by atoms with Crippen molar-refractivity contribution in [1.29, 1.82) is 0 Å². The summed E-state index contributed by atoms with van der Waals surface area (Å²) < 4.78 is 21.2. The van der Waals surface area contributed by atoms with Gasteiger partial charge in [-0.25, -0.2) is 14.6 Å². The maximum atomic E-state index is 12.6. The molecule has 1 aliphatic heterocycles. The van der Waals surface area contributed by atoms with Crippen LogP contribution < -0.4 is 0 Å². The van der Waals surface area contributed by atoms with Gasteiger partial charge in [-0.2, -0.15) is 5.01 Å². The molecule has 9 nitrogen and oxygen atoms in total. The van der Waals surface area contributed by atoms with Crippen LogP contribution in [-0.2, 0) is 23.7 Å². The standard InChI is InChI=1S/C15H22N2O7/c1-5-23-13(19)16-12-8-7-9(18)11(10(8)12)15(21-3,22-4)17(16)14(20)24-6-2/h8,10-12H,5-7H2,1-4H3/t8-,10-,11+,12-/m1/s1. The number of ketones is 1. The third-order valence-corrected chi connectivity index (χ3v) is 5.02. The Balaban J connectivity index is 2.07. The van der Waals surface area contributed by atoms with E-state index < -0.39 is 24.0 Å². The molecule has 0 radical (unpaired) electrons. The summed E-state index contributed by atoms with van der Waals surface area (Å²) in [5.74, 6) is -2.54. The molecule has 0 aromatic rings. The Morgan fingerprint density at radius 3 is 2.25 bits per heavy atom. The van der Waals surface area contributed by atoms with E-state index in [1.807, 2.05) is 0 Å². The number of amides is 2. The fourth-order valence-corrected chi connectivity index (χ4v) is 4.17. The number of Topliss-reactive ketones (excluding diaryl/α,β-unsaturated/α-hetero) is 1. The smallest absolute Gasteiger partial charge is 0.433 e. The lowest BCUT2D eigenvalue weighted by Gasteiger charge is -2.51. The van der Waals surface area contributed by atoms with Crippen molar-refractivity contribution in [2.45, 2.75) is 32.2 Å². The Labute approximate surface area is 139 Å². The minimum atomic E-state index is -1.72. The minimum Gasteiger partial charge on any atom is -0.448 e. The molecule has 24 heavy (non-hydrogen) atoms. The van der Waals surface area contributed by atoms with E-state index in [2.05, 4.69) is 0 Å². The molecule has 1 saturated heterocycles. The van der Waals surface area contributed by atoms with E-state index in [1.165, 1.54) is 19.2 Å². The molecule has 4 atom stereocenters. The first-order chi connectivity index (χ1) is 11.5. The molecule has 134 valence electrons. The molecule has 0 N–H and O–H groups in total. The van der Waals surface area contributed by atoms with Crippen molar-refractivity contribution >= 4 is 18.0 Å². The van der Waals surface area contributed by atoms with Crippen molar-refractivity contribution in [3.63, 3.8) is 0 Å². The molecule has 0 aromatic heterocycles. The third kappa shape index (κ3) is 2.04. The van der Waals surface area contributed by atoms with E-state index in [9.17, 15) is 14.4 Å². The van der Waals surface area contributed by atoms with Gasteiger partial charge in [0, 0.05) is 26.6 Å². The van der Waals surface area contributed by atoms with E-state index in [4.69, 9.17) is 18.9 Å². The highest BCUT2D eigenvalue weighted by Crippen LogP contribution is 2.64. The first-order valence-corrected chi connectivity index (χ1v) is 8.04.